The lowest BCUT2D eigenvalue weighted by molar-refractivity contribution is 0.0951. The van der Waals surface area contributed by atoms with Crippen molar-refractivity contribution in [2.45, 2.75) is 46.8 Å². The van der Waals surface area contributed by atoms with Gasteiger partial charge < -0.3 is 10.6 Å². The van der Waals surface area contributed by atoms with Crippen LogP contribution in [0.1, 0.15) is 43.6 Å². The Balaban J connectivity index is 1.91. The van der Waals surface area contributed by atoms with Crippen LogP contribution < -0.4 is 10.6 Å². The first kappa shape index (κ1) is 20.7. The normalized spacial score (nSPS) is 12.4. The highest BCUT2D eigenvalue weighted by molar-refractivity contribution is 6.06. The zero-order valence-electron chi connectivity index (χ0n) is 17.0. The van der Waals surface area contributed by atoms with Crippen molar-refractivity contribution < 1.29 is 13.6 Å². The summed E-state index contributed by atoms with van der Waals surface area (Å²) < 4.78 is 28.3. The Morgan fingerprint density at radius 2 is 1.93 bits per heavy atom. The second kappa shape index (κ2) is 8.55. The fraction of sp³-hybridized carbons (Fsp3) is 0.381. The third-order valence-corrected chi connectivity index (χ3v) is 5.02. The number of nitrogens with one attached hydrogen (secondary N) is 2. The van der Waals surface area contributed by atoms with Crippen LogP contribution in [0.3, 0.4) is 0 Å². The smallest absolute Gasteiger partial charge is 0.255 e. The number of amides is 1. The summed E-state index contributed by atoms with van der Waals surface area (Å²) in [7, 11) is 0. The number of nitrogens with zero attached hydrogens (tertiary/aromatic N) is 3. The molecule has 2 N–H and O–H groups in total. The molecule has 0 aliphatic rings. The Morgan fingerprint density at radius 1 is 1.17 bits per heavy atom. The van der Waals surface area contributed by atoms with Gasteiger partial charge in [-0.05, 0) is 37.5 Å². The predicted octanol–water partition coefficient (Wildman–Crippen LogP) is 4.12. The predicted molar refractivity (Wildman–Crippen MR) is 109 cm³/mol. The fourth-order valence-electron chi connectivity index (χ4n) is 2.91. The lowest BCUT2D eigenvalue weighted by Gasteiger charge is -2.21. The van der Waals surface area contributed by atoms with Crippen molar-refractivity contribution in [1.82, 2.24) is 20.1 Å². The lowest BCUT2D eigenvalue weighted by atomic mass is 10.0. The van der Waals surface area contributed by atoms with Crippen LogP contribution in [0.25, 0.3) is 11.0 Å². The van der Waals surface area contributed by atoms with Crippen LogP contribution in [0.4, 0.5) is 14.5 Å². The molecular formula is C21H25F2N5O. The summed E-state index contributed by atoms with van der Waals surface area (Å²) in [5, 5.41) is 11.3. The Labute approximate surface area is 168 Å². The largest absolute Gasteiger partial charge is 0.381 e. The summed E-state index contributed by atoms with van der Waals surface area (Å²) in [4.78, 5) is 17.3. The molecular weight excluding hydrogens is 376 g/mol. The summed E-state index contributed by atoms with van der Waals surface area (Å²) in [6.45, 7) is 8.94. The summed E-state index contributed by atoms with van der Waals surface area (Å²) in [6, 6.07) is 3.66. The second-order valence-corrected chi connectivity index (χ2v) is 7.35. The average molecular weight is 401 g/mol. The quantitative estimate of drug-likeness (QED) is 0.625. The minimum Gasteiger partial charge on any atom is -0.381 e. The van der Waals surface area contributed by atoms with E-state index in [1.807, 2.05) is 13.8 Å². The molecule has 0 bridgehead atoms. The minimum absolute atomic E-state index is 0.0709. The lowest BCUT2D eigenvalue weighted by Crippen LogP contribution is -2.27. The van der Waals surface area contributed by atoms with Crippen LogP contribution in [0.2, 0.25) is 0 Å². The number of hydrogen-bond acceptors (Lipinski definition) is 4. The molecule has 1 aromatic carbocycles. The first-order valence-electron chi connectivity index (χ1n) is 9.65. The van der Waals surface area contributed by atoms with Gasteiger partial charge in [-0.1, -0.05) is 19.9 Å². The van der Waals surface area contributed by atoms with Gasteiger partial charge in [-0.15, -0.1) is 0 Å². The average Bonchev–Trinajstić information content (AvgIpc) is 3.12. The molecule has 154 valence electrons. The number of aromatic nitrogens is 3. The summed E-state index contributed by atoms with van der Waals surface area (Å²) in [5.41, 5.74) is 2.21. The molecule has 29 heavy (non-hydrogen) atoms. The van der Waals surface area contributed by atoms with E-state index in [9.17, 15) is 13.6 Å². The molecule has 6 nitrogen and oxygen atoms in total. The zero-order valence-corrected chi connectivity index (χ0v) is 17.0. The summed E-state index contributed by atoms with van der Waals surface area (Å²) in [6.07, 6.45) is 3.22. The number of benzene rings is 1. The Hall–Kier alpha value is -3.03. The monoisotopic (exact) mass is 401 g/mol. The first-order valence-corrected chi connectivity index (χ1v) is 9.65. The van der Waals surface area contributed by atoms with E-state index < -0.39 is 11.6 Å². The van der Waals surface area contributed by atoms with Gasteiger partial charge in [0.2, 0.25) is 0 Å². The number of hydrogen-bond donors (Lipinski definition) is 2. The SMILES string of the molecule is CCn1ncc2c(N[C@@H](C)C(C)C)c(C(=O)NCc3ccc(F)c(F)c3)cnc21. The number of anilines is 1. The van der Waals surface area contributed by atoms with Gasteiger partial charge in [0.15, 0.2) is 17.3 Å². The molecule has 2 aromatic heterocycles. The molecule has 0 radical (unpaired) electrons. The van der Waals surface area contributed by atoms with E-state index in [1.165, 1.54) is 12.3 Å². The van der Waals surface area contributed by atoms with Crippen LogP contribution in [0.15, 0.2) is 30.6 Å². The summed E-state index contributed by atoms with van der Waals surface area (Å²) >= 11 is 0. The van der Waals surface area contributed by atoms with Crippen molar-refractivity contribution >= 4 is 22.6 Å². The van der Waals surface area contributed by atoms with Gasteiger partial charge >= 0.3 is 0 Å². The van der Waals surface area contributed by atoms with Crippen molar-refractivity contribution in [2.75, 3.05) is 5.32 Å². The van der Waals surface area contributed by atoms with Crippen LogP contribution in [0, 0.1) is 17.6 Å². The van der Waals surface area contributed by atoms with Crippen molar-refractivity contribution in [3.05, 3.63) is 53.4 Å². The van der Waals surface area contributed by atoms with Crippen molar-refractivity contribution in [3.8, 4) is 0 Å². The van der Waals surface area contributed by atoms with E-state index >= 15 is 0 Å². The molecule has 8 heteroatoms. The molecule has 3 rings (SSSR count). The number of aryl methyl sites for hydroxylation is 1. The third-order valence-electron chi connectivity index (χ3n) is 5.02. The molecule has 3 aromatic rings. The molecule has 0 spiro atoms. The van der Waals surface area contributed by atoms with Gasteiger partial charge in [0.25, 0.3) is 5.91 Å². The highest BCUT2D eigenvalue weighted by Crippen LogP contribution is 2.28. The molecule has 0 aliphatic heterocycles. The van der Waals surface area contributed by atoms with E-state index in [0.29, 0.717) is 34.9 Å². The Morgan fingerprint density at radius 3 is 2.59 bits per heavy atom. The van der Waals surface area contributed by atoms with Gasteiger partial charge in [0, 0.05) is 25.3 Å². The number of rotatable bonds is 7. The number of pyridine rings is 1. The maximum absolute atomic E-state index is 13.4. The number of carbonyl (C=O) groups excluding carboxylic acids is 1. The maximum atomic E-state index is 13.4. The van der Waals surface area contributed by atoms with Crippen LogP contribution in [-0.4, -0.2) is 26.7 Å². The highest BCUT2D eigenvalue weighted by atomic mass is 19.2. The van der Waals surface area contributed by atoms with Crippen molar-refractivity contribution in [3.63, 3.8) is 0 Å². The van der Waals surface area contributed by atoms with Crippen LogP contribution in [-0.2, 0) is 13.1 Å². The Kier molecular flexibility index (Phi) is 6.10. The van der Waals surface area contributed by atoms with Crippen molar-refractivity contribution in [1.29, 1.82) is 0 Å². The molecule has 1 amide bonds. The number of fused-ring (bicyclic) bond motifs is 1. The van der Waals surface area contributed by atoms with Crippen LogP contribution in [0.5, 0.6) is 0 Å². The second-order valence-electron chi connectivity index (χ2n) is 7.35. The van der Waals surface area contributed by atoms with Gasteiger partial charge in [-0.25, -0.2) is 18.4 Å². The van der Waals surface area contributed by atoms with Gasteiger partial charge in [-0.2, -0.15) is 5.10 Å². The zero-order chi connectivity index (χ0) is 21.1. The molecule has 0 saturated carbocycles. The number of halogens is 2. The number of carbonyl (C=O) groups is 1. The molecule has 0 saturated heterocycles. The molecule has 0 fully saturated rings. The van der Waals surface area contributed by atoms with E-state index in [2.05, 4.69) is 34.6 Å². The molecule has 0 aliphatic carbocycles. The van der Waals surface area contributed by atoms with E-state index in [1.54, 1.807) is 10.9 Å². The Bertz CT molecular complexity index is 1030. The minimum atomic E-state index is -0.945. The highest BCUT2D eigenvalue weighted by Gasteiger charge is 2.20. The molecule has 1 atom stereocenters. The third kappa shape index (κ3) is 4.36. The summed E-state index contributed by atoms with van der Waals surface area (Å²) in [5.74, 6) is -1.87. The van der Waals surface area contributed by atoms with E-state index in [0.717, 1.165) is 17.5 Å². The molecule has 0 unspecified atom stereocenters. The van der Waals surface area contributed by atoms with Crippen LogP contribution >= 0.6 is 0 Å². The van der Waals surface area contributed by atoms with Gasteiger partial charge in [-0.3, -0.25) is 4.79 Å². The van der Waals surface area contributed by atoms with Gasteiger partial charge in [0.1, 0.15) is 0 Å². The topological polar surface area (TPSA) is 71.8 Å². The first-order chi connectivity index (χ1) is 13.8. The van der Waals surface area contributed by atoms with Crippen molar-refractivity contribution in [2.24, 2.45) is 5.92 Å². The standard InChI is InChI=1S/C21H25F2N5O/c1-5-28-20-15(11-26-28)19(27-13(4)12(2)3)16(10-24-20)21(29)25-9-14-6-7-17(22)18(23)8-14/h6-8,10-13H,5,9H2,1-4H3,(H,24,27)(H,25,29)/t13-/m0/s1. The van der Waals surface area contributed by atoms with Gasteiger partial charge in [0.05, 0.1) is 22.8 Å². The van der Waals surface area contributed by atoms with E-state index in [-0.39, 0.29) is 18.5 Å². The fourth-order valence-corrected chi connectivity index (χ4v) is 2.91. The maximum Gasteiger partial charge on any atom is 0.255 e. The van der Waals surface area contributed by atoms with E-state index in [4.69, 9.17) is 0 Å². The molecule has 2 heterocycles.